The van der Waals surface area contributed by atoms with Crippen LogP contribution in [0.4, 0.5) is 0 Å². The summed E-state index contributed by atoms with van der Waals surface area (Å²) in [5.41, 5.74) is 0.298. The molecule has 0 aliphatic rings. The van der Waals surface area contributed by atoms with Gasteiger partial charge < -0.3 is 14.4 Å². The van der Waals surface area contributed by atoms with E-state index in [1.807, 2.05) is 13.0 Å². The van der Waals surface area contributed by atoms with Gasteiger partial charge in [-0.2, -0.15) is 0 Å². The number of thiazole rings is 1. The van der Waals surface area contributed by atoms with Gasteiger partial charge in [0.05, 0.1) is 6.42 Å². The summed E-state index contributed by atoms with van der Waals surface area (Å²) in [6, 6.07) is 3.63. The Labute approximate surface area is 119 Å². The van der Waals surface area contributed by atoms with E-state index in [1.165, 1.54) is 16.2 Å². The van der Waals surface area contributed by atoms with Crippen molar-refractivity contribution < 1.29 is 19.1 Å². The summed E-state index contributed by atoms with van der Waals surface area (Å²) >= 11 is 1.32. The lowest BCUT2D eigenvalue weighted by atomic mass is 10.3. The zero-order valence-corrected chi connectivity index (χ0v) is 11.9. The first-order valence-corrected chi connectivity index (χ1v) is 6.85. The molecule has 0 spiro atoms. The zero-order chi connectivity index (χ0) is 14.7. The van der Waals surface area contributed by atoms with Crippen LogP contribution in [0.3, 0.4) is 0 Å². The number of hydrogen-bond donors (Lipinski definition) is 1. The first-order valence-electron chi connectivity index (χ1n) is 5.97. The lowest BCUT2D eigenvalue weighted by molar-refractivity contribution is -0.137. The van der Waals surface area contributed by atoms with Crippen LogP contribution < -0.4 is 0 Å². The van der Waals surface area contributed by atoms with Crippen molar-refractivity contribution in [2.45, 2.75) is 13.3 Å². The van der Waals surface area contributed by atoms with E-state index in [1.54, 1.807) is 18.5 Å². The molecule has 2 aromatic rings. The summed E-state index contributed by atoms with van der Waals surface area (Å²) in [6.45, 7) is 1.99. The topological polar surface area (TPSA) is 83.6 Å². The molecule has 0 aromatic carbocycles. The molecule has 0 unspecified atom stereocenters. The average molecular weight is 294 g/mol. The Morgan fingerprint density at radius 3 is 2.80 bits per heavy atom. The van der Waals surface area contributed by atoms with Crippen molar-refractivity contribution in [1.82, 2.24) is 9.88 Å². The number of carbonyl (C=O) groups excluding carboxylic acids is 1. The fraction of sp³-hybridized carbons (Fsp3) is 0.308. The SMILES string of the molecule is Cc1ccc(-c2nc(C(=O)N(C)CCC(=O)O)cs2)o1. The van der Waals surface area contributed by atoms with Gasteiger partial charge in [-0.05, 0) is 19.1 Å². The molecule has 0 fully saturated rings. The quantitative estimate of drug-likeness (QED) is 0.914. The third kappa shape index (κ3) is 3.24. The molecule has 2 aromatic heterocycles. The minimum atomic E-state index is -0.935. The van der Waals surface area contributed by atoms with Crippen molar-refractivity contribution in [2.24, 2.45) is 0 Å². The van der Waals surface area contributed by atoms with Crippen LogP contribution in [-0.4, -0.2) is 40.5 Å². The summed E-state index contributed by atoms with van der Waals surface area (Å²) in [5.74, 6) is 0.174. The molecule has 0 atom stereocenters. The highest BCUT2D eigenvalue weighted by atomic mass is 32.1. The van der Waals surface area contributed by atoms with Gasteiger partial charge in [0.2, 0.25) is 0 Å². The summed E-state index contributed by atoms with van der Waals surface area (Å²) in [7, 11) is 1.56. The number of carboxylic acids is 1. The molecule has 0 saturated heterocycles. The van der Waals surface area contributed by atoms with Crippen LogP contribution >= 0.6 is 11.3 Å². The van der Waals surface area contributed by atoms with E-state index in [0.29, 0.717) is 16.5 Å². The van der Waals surface area contributed by atoms with Crippen LogP contribution in [-0.2, 0) is 4.79 Å². The third-order valence-corrected chi connectivity index (χ3v) is 3.54. The first-order chi connectivity index (χ1) is 9.47. The highest BCUT2D eigenvalue weighted by Gasteiger charge is 2.17. The smallest absolute Gasteiger partial charge is 0.305 e. The molecule has 0 bridgehead atoms. The van der Waals surface area contributed by atoms with Crippen LogP contribution in [0, 0.1) is 6.92 Å². The largest absolute Gasteiger partial charge is 0.481 e. The van der Waals surface area contributed by atoms with Gasteiger partial charge in [-0.3, -0.25) is 9.59 Å². The Balaban J connectivity index is 2.08. The maximum absolute atomic E-state index is 12.1. The summed E-state index contributed by atoms with van der Waals surface area (Å²) in [6.07, 6.45) is -0.0867. The fourth-order valence-electron chi connectivity index (χ4n) is 1.60. The fourth-order valence-corrected chi connectivity index (χ4v) is 2.35. The van der Waals surface area contributed by atoms with E-state index in [4.69, 9.17) is 9.52 Å². The molecule has 106 valence electrons. The molecule has 1 N–H and O–H groups in total. The van der Waals surface area contributed by atoms with Crippen molar-refractivity contribution in [2.75, 3.05) is 13.6 Å². The number of aliphatic carboxylic acids is 1. The van der Waals surface area contributed by atoms with E-state index in [9.17, 15) is 9.59 Å². The molecule has 0 saturated carbocycles. The van der Waals surface area contributed by atoms with Gasteiger partial charge in [-0.25, -0.2) is 4.98 Å². The summed E-state index contributed by atoms with van der Waals surface area (Å²) < 4.78 is 5.45. The Morgan fingerprint density at radius 2 is 2.20 bits per heavy atom. The third-order valence-electron chi connectivity index (χ3n) is 2.68. The standard InChI is InChI=1S/C13H14N2O4S/c1-8-3-4-10(19-8)12-14-9(7-20-12)13(18)15(2)6-5-11(16)17/h3-4,7H,5-6H2,1-2H3,(H,16,17). The van der Waals surface area contributed by atoms with Crippen LogP contribution in [0.5, 0.6) is 0 Å². The molecule has 20 heavy (non-hydrogen) atoms. The van der Waals surface area contributed by atoms with E-state index in [0.717, 1.165) is 5.76 Å². The molecule has 0 aliphatic carbocycles. The lowest BCUT2D eigenvalue weighted by Crippen LogP contribution is -2.29. The predicted molar refractivity (Wildman–Crippen MR) is 73.8 cm³/mol. The van der Waals surface area contributed by atoms with E-state index in [2.05, 4.69) is 4.98 Å². The minimum absolute atomic E-state index is 0.0867. The van der Waals surface area contributed by atoms with E-state index in [-0.39, 0.29) is 18.9 Å². The monoisotopic (exact) mass is 294 g/mol. The maximum atomic E-state index is 12.1. The molecular weight excluding hydrogens is 280 g/mol. The van der Waals surface area contributed by atoms with Gasteiger partial charge in [0, 0.05) is 19.0 Å². The molecule has 0 aliphatic heterocycles. The van der Waals surface area contributed by atoms with Crippen LogP contribution in [0.2, 0.25) is 0 Å². The van der Waals surface area contributed by atoms with Gasteiger partial charge in [0.1, 0.15) is 11.5 Å². The van der Waals surface area contributed by atoms with E-state index < -0.39 is 5.97 Å². The lowest BCUT2D eigenvalue weighted by Gasteiger charge is -2.13. The number of amides is 1. The summed E-state index contributed by atoms with van der Waals surface area (Å²) in [4.78, 5) is 28.1. The van der Waals surface area contributed by atoms with Gasteiger partial charge in [0.25, 0.3) is 5.91 Å². The second kappa shape index (κ2) is 5.87. The normalized spacial score (nSPS) is 10.5. The second-order valence-electron chi connectivity index (χ2n) is 4.32. The maximum Gasteiger partial charge on any atom is 0.305 e. The Bertz CT molecular complexity index is 632. The molecule has 0 radical (unpaired) electrons. The Hall–Kier alpha value is -2.15. The Morgan fingerprint density at radius 1 is 1.45 bits per heavy atom. The number of carboxylic acid groups (broad SMARTS) is 1. The average Bonchev–Trinajstić information content (AvgIpc) is 3.03. The van der Waals surface area contributed by atoms with Crippen molar-refractivity contribution in [3.63, 3.8) is 0 Å². The molecule has 2 rings (SSSR count). The zero-order valence-electron chi connectivity index (χ0n) is 11.1. The molecule has 1 amide bonds. The van der Waals surface area contributed by atoms with E-state index >= 15 is 0 Å². The highest BCUT2D eigenvalue weighted by molar-refractivity contribution is 7.13. The van der Waals surface area contributed by atoms with Gasteiger partial charge in [-0.1, -0.05) is 0 Å². The van der Waals surface area contributed by atoms with Crippen molar-refractivity contribution >= 4 is 23.2 Å². The minimum Gasteiger partial charge on any atom is -0.481 e. The second-order valence-corrected chi connectivity index (χ2v) is 5.18. The molecule has 7 heteroatoms. The summed E-state index contributed by atoms with van der Waals surface area (Å²) in [5, 5.41) is 10.9. The van der Waals surface area contributed by atoms with Gasteiger partial charge in [-0.15, -0.1) is 11.3 Å². The predicted octanol–water partition coefficient (Wildman–Crippen LogP) is 2.26. The van der Waals surface area contributed by atoms with Crippen molar-refractivity contribution in [3.05, 3.63) is 29.0 Å². The van der Waals surface area contributed by atoms with Crippen molar-refractivity contribution in [1.29, 1.82) is 0 Å². The molecule has 2 heterocycles. The number of aryl methyl sites for hydroxylation is 1. The number of aromatic nitrogens is 1. The highest BCUT2D eigenvalue weighted by Crippen LogP contribution is 2.25. The number of furan rings is 1. The van der Waals surface area contributed by atoms with Crippen LogP contribution in [0.25, 0.3) is 10.8 Å². The number of rotatable bonds is 5. The molecular formula is C13H14N2O4S. The number of carbonyl (C=O) groups is 2. The van der Waals surface area contributed by atoms with Crippen LogP contribution in [0.15, 0.2) is 21.9 Å². The number of hydrogen-bond acceptors (Lipinski definition) is 5. The Kier molecular flexibility index (Phi) is 4.19. The number of nitrogens with zero attached hydrogens (tertiary/aromatic N) is 2. The van der Waals surface area contributed by atoms with Crippen LogP contribution in [0.1, 0.15) is 22.7 Å². The molecule has 6 nitrogen and oxygen atoms in total. The van der Waals surface area contributed by atoms with Crippen molar-refractivity contribution in [3.8, 4) is 10.8 Å². The first kappa shape index (κ1) is 14.3. The van der Waals surface area contributed by atoms with Gasteiger partial charge in [0.15, 0.2) is 10.8 Å². The van der Waals surface area contributed by atoms with Gasteiger partial charge >= 0.3 is 5.97 Å².